The summed E-state index contributed by atoms with van der Waals surface area (Å²) in [5.74, 6) is -1.07. The van der Waals surface area contributed by atoms with Crippen molar-refractivity contribution in [1.29, 1.82) is 0 Å². The van der Waals surface area contributed by atoms with Crippen molar-refractivity contribution in [2.24, 2.45) is 0 Å². The van der Waals surface area contributed by atoms with Crippen LogP contribution in [-0.4, -0.2) is 32.5 Å². The summed E-state index contributed by atoms with van der Waals surface area (Å²) in [4.78, 5) is 20.1. The fourth-order valence-electron chi connectivity index (χ4n) is 2.88. The first kappa shape index (κ1) is 19.9. The molecule has 3 aromatic rings. The second-order valence-corrected chi connectivity index (χ2v) is 6.26. The van der Waals surface area contributed by atoms with Crippen LogP contribution in [0.5, 0.6) is 0 Å². The Balaban J connectivity index is 1.87. The molecule has 3 aromatic heterocycles. The van der Waals surface area contributed by atoms with Crippen molar-refractivity contribution in [1.82, 2.24) is 19.6 Å². The first-order valence-electron chi connectivity index (χ1n) is 8.27. The van der Waals surface area contributed by atoms with Crippen molar-refractivity contribution >= 4 is 11.4 Å². The molecule has 0 amide bonds. The van der Waals surface area contributed by atoms with Crippen molar-refractivity contribution < 1.29 is 27.1 Å². The van der Waals surface area contributed by atoms with Crippen LogP contribution in [0.2, 0.25) is 0 Å². The standard InChI is InChI=1S/C18H16F4N4O2/c1-10(28-2)17-12(8-24-16-6-15(19)25-26(16)17)5-14(27)4-11-3-13(9-23-7-11)18(20,21)22/h3,6-10H,4-5H2,1-2H3/t10-/m0/s1. The minimum atomic E-state index is -4.54. The van der Waals surface area contributed by atoms with E-state index in [1.54, 1.807) is 6.92 Å². The van der Waals surface area contributed by atoms with Gasteiger partial charge in [0, 0.05) is 50.2 Å². The maximum Gasteiger partial charge on any atom is 0.417 e. The largest absolute Gasteiger partial charge is 0.417 e. The number of carbonyl (C=O) groups excluding carboxylic acids is 1. The summed E-state index contributed by atoms with van der Waals surface area (Å²) in [6.07, 6.45) is -2.06. The van der Waals surface area contributed by atoms with Crippen LogP contribution < -0.4 is 0 Å². The van der Waals surface area contributed by atoms with Crippen LogP contribution >= 0.6 is 0 Å². The number of alkyl halides is 3. The van der Waals surface area contributed by atoms with E-state index in [0.717, 1.165) is 12.1 Å². The van der Waals surface area contributed by atoms with Gasteiger partial charge in [0.15, 0.2) is 5.65 Å². The van der Waals surface area contributed by atoms with E-state index in [4.69, 9.17) is 4.74 Å². The summed E-state index contributed by atoms with van der Waals surface area (Å²) < 4.78 is 58.4. The molecule has 28 heavy (non-hydrogen) atoms. The van der Waals surface area contributed by atoms with Crippen molar-refractivity contribution in [2.45, 2.75) is 32.0 Å². The Morgan fingerprint density at radius 1 is 1.21 bits per heavy atom. The van der Waals surface area contributed by atoms with Gasteiger partial charge in [-0.2, -0.15) is 17.6 Å². The molecule has 0 fully saturated rings. The van der Waals surface area contributed by atoms with E-state index >= 15 is 0 Å². The Morgan fingerprint density at radius 2 is 1.96 bits per heavy atom. The molecule has 3 rings (SSSR count). The van der Waals surface area contributed by atoms with Gasteiger partial charge >= 0.3 is 6.18 Å². The SMILES string of the molecule is CO[C@@H](C)c1c(CC(=O)Cc2cncc(C(F)(F)F)c2)cnc2cc(F)nn12. The Kier molecular flexibility index (Phi) is 5.41. The predicted octanol–water partition coefficient (Wildman–Crippen LogP) is 3.34. The van der Waals surface area contributed by atoms with Crippen molar-refractivity contribution in [2.75, 3.05) is 7.11 Å². The molecule has 0 aliphatic carbocycles. The summed E-state index contributed by atoms with van der Waals surface area (Å²) in [5, 5.41) is 3.73. The molecule has 0 radical (unpaired) electrons. The number of Topliss-reactive ketones (excluding diaryl/α,β-unsaturated/α-hetero) is 1. The fourth-order valence-corrected chi connectivity index (χ4v) is 2.88. The van der Waals surface area contributed by atoms with Crippen LogP contribution in [0.4, 0.5) is 17.6 Å². The van der Waals surface area contributed by atoms with Gasteiger partial charge in [0.25, 0.3) is 0 Å². The summed E-state index contributed by atoms with van der Waals surface area (Å²) in [7, 11) is 1.46. The number of hydrogen-bond acceptors (Lipinski definition) is 5. The highest BCUT2D eigenvalue weighted by molar-refractivity contribution is 5.83. The highest BCUT2D eigenvalue weighted by atomic mass is 19.4. The first-order valence-corrected chi connectivity index (χ1v) is 8.27. The molecular weight excluding hydrogens is 380 g/mol. The van der Waals surface area contributed by atoms with Gasteiger partial charge in [-0.15, -0.1) is 5.10 Å². The average molecular weight is 396 g/mol. The van der Waals surface area contributed by atoms with Crippen LogP contribution in [-0.2, 0) is 28.5 Å². The average Bonchev–Trinajstić information content (AvgIpc) is 3.00. The molecule has 3 heterocycles. The highest BCUT2D eigenvalue weighted by Crippen LogP contribution is 2.29. The topological polar surface area (TPSA) is 69.4 Å². The summed E-state index contributed by atoms with van der Waals surface area (Å²) in [6, 6.07) is 2.04. The van der Waals surface area contributed by atoms with Crippen LogP contribution in [0, 0.1) is 5.95 Å². The van der Waals surface area contributed by atoms with Gasteiger partial charge in [0.1, 0.15) is 5.78 Å². The molecule has 0 aliphatic rings. The van der Waals surface area contributed by atoms with E-state index in [2.05, 4.69) is 15.1 Å². The lowest BCUT2D eigenvalue weighted by atomic mass is 10.0. The van der Waals surface area contributed by atoms with E-state index in [-0.39, 0.29) is 29.8 Å². The summed E-state index contributed by atoms with van der Waals surface area (Å²) in [6.45, 7) is 1.71. The molecule has 0 bridgehead atoms. The van der Waals surface area contributed by atoms with Crippen molar-refractivity contribution in [3.63, 3.8) is 0 Å². The van der Waals surface area contributed by atoms with Crippen LogP contribution in [0.3, 0.4) is 0 Å². The number of nitrogens with zero attached hydrogens (tertiary/aromatic N) is 4. The van der Waals surface area contributed by atoms with Gasteiger partial charge in [0.2, 0.25) is 5.95 Å². The Labute approximate surface area is 157 Å². The van der Waals surface area contributed by atoms with E-state index < -0.39 is 23.8 Å². The fraction of sp³-hybridized carbons (Fsp3) is 0.333. The number of carbonyl (C=O) groups is 1. The van der Waals surface area contributed by atoms with Crippen LogP contribution in [0.15, 0.2) is 30.7 Å². The molecule has 0 unspecified atom stereocenters. The number of pyridine rings is 1. The third-order valence-corrected chi connectivity index (χ3v) is 4.22. The van der Waals surface area contributed by atoms with Gasteiger partial charge in [-0.1, -0.05) is 0 Å². The lowest BCUT2D eigenvalue weighted by Crippen LogP contribution is -2.15. The lowest BCUT2D eigenvalue weighted by molar-refractivity contribution is -0.138. The maximum absolute atomic E-state index is 13.5. The zero-order valence-corrected chi connectivity index (χ0v) is 15.0. The predicted molar refractivity (Wildman–Crippen MR) is 90.0 cm³/mol. The van der Waals surface area contributed by atoms with Crippen LogP contribution in [0.25, 0.3) is 5.65 Å². The number of methoxy groups -OCH3 is 1. The molecule has 0 aliphatic heterocycles. The Bertz CT molecular complexity index is 1020. The second kappa shape index (κ2) is 7.63. The zero-order chi connectivity index (χ0) is 20.5. The molecule has 6 nitrogen and oxygen atoms in total. The first-order chi connectivity index (χ1) is 13.2. The molecular formula is C18H16F4N4O2. The van der Waals surface area contributed by atoms with Gasteiger partial charge in [-0.05, 0) is 18.6 Å². The van der Waals surface area contributed by atoms with E-state index in [1.807, 2.05) is 0 Å². The molecule has 0 spiro atoms. The molecule has 0 aromatic carbocycles. The van der Waals surface area contributed by atoms with Gasteiger partial charge in [-0.25, -0.2) is 9.50 Å². The molecule has 0 saturated heterocycles. The second-order valence-electron chi connectivity index (χ2n) is 6.26. The van der Waals surface area contributed by atoms with Crippen molar-refractivity contribution in [3.05, 3.63) is 59.1 Å². The Morgan fingerprint density at radius 3 is 2.64 bits per heavy atom. The van der Waals surface area contributed by atoms with E-state index in [0.29, 0.717) is 17.5 Å². The normalized spacial score (nSPS) is 13.1. The molecule has 10 heteroatoms. The lowest BCUT2D eigenvalue weighted by Gasteiger charge is -2.16. The quantitative estimate of drug-likeness (QED) is 0.598. The number of fused-ring (bicyclic) bond motifs is 1. The summed E-state index contributed by atoms with van der Waals surface area (Å²) >= 11 is 0. The van der Waals surface area contributed by atoms with E-state index in [1.165, 1.54) is 24.0 Å². The number of ether oxygens (including phenoxy) is 1. The molecule has 0 N–H and O–H groups in total. The summed E-state index contributed by atoms with van der Waals surface area (Å²) in [5.41, 5.74) is 0.401. The van der Waals surface area contributed by atoms with Crippen LogP contribution in [0.1, 0.15) is 35.4 Å². The van der Waals surface area contributed by atoms with E-state index in [9.17, 15) is 22.4 Å². The number of aromatic nitrogens is 4. The Hall–Kier alpha value is -2.88. The monoisotopic (exact) mass is 396 g/mol. The molecule has 1 atom stereocenters. The van der Waals surface area contributed by atoms with Crippen molar-refractivity contribution in [3.8, 4) is 0 Å². The number of hydrogen-bond donors (Lipinski definition) is 0. The third-order valence-electron chi connectivity index (χ3n) is 4.22. The van der Waals surface area contributed by atoms with Gasteiger partial charge in [-0.3, -0.25) is 9.78 Å². The minimum absolute atomic E-state index is 0.121. The van der Waals surface area contributed by atoms with Gasteiger partial charge < -0.3 is 4.74 Å². The highest BCUT2D eigenvalue weighted by Gasteiger charge is 2.31. The number of ketones is 1. The number of rotatable bonds is 6. The third kappa shape index (κ3) is 4.16. The maximum atomic E-state index is 13.5. The van der Waals surface area contributed by atoms with Gasteiger partial charge in [0.05, 0.1) is 17.4 Å². The minimum Gasteiger partial charge on any atom is -0.375 e. The molecule has 148 valence electrons. The molecule has 0 saturated carbocycles. The number of halogens is 4. The zero-order valence-electron chi connectivity index (χ0n) is 15.0. The smallest absolute Gasteiger partial charge is 0.375 e.